The van der Waals surface area contributed by atoms with Crippen LogP contribution in [0.15, 0.2) is 48.8 Å². The first-order valence-corrected chi connectivity index (χ1v) is 8.07. The van der Waals surface area contributed by atoms with E-state index in [0.29, 0.717) is 0 Å². The van der Waals surface area contributed by atoms with E-state index in [1.165, 1.54) is 0 Å². The molecule has 0 unspecified atom stereocenters. The van der Waals surface area contributed by atoms with Crippen molar-refractivity contribution in [3.63, 3.8) is 0 Å². The van der Waals surface area contributed by atoms with Crippen LogP contribution in [0, 0.1) is 0 Å². The van der Waals surface area contributed by atoms with Crippen LogP contribution in [0.4, 0.5) is 0 Å². The van der Waals surface area contributed by atoms with Gasteiger partial charge in [0.1, 0.15) is 0 Å². The second kappa shape index (κ2) is 12.1. The fraction of sp³-hybridized carbons (Fsp3) is 0.111. The third kappa shape index (κ3) is 12.1. The molecule has 70 valence electrons. The van der Waals surface area contributed by atoms with Crippen LogP contribution in [0.3, 0.4) is 0 Å². The molecule has 0 aliphatic heterocycles. The molecule has 0 atom stereocenters. The number of halogens is 2. The van der Waals surface area contributed by atoms with Gasteiger partial charge < -0.3 is 4.98 Å². The molecular weight excluding hydrogens is 241 g/mol. The minimum Gasteiger partial charge on any atom is -0.368 e. The SMILES string of the molecule is C1=CCC=C1.[Cl][Ti][Cl].c1cc[nH]c1. The number of rotatable bonds is 0. The third-order valence-corrected chi connectivity index (χ3v) is 1.15. The molecule has 1 heterocycles. The summed E-state index contributed by atoms with van der Waals surface area (Å²) in [6, 6.07) is 3.89. The average molecular weight is 252 g/mol. The number of nitrogens with one attached hydrogen (secondary N) is 1. The van der Waals surface area contributed by atoms with E-state index in [-0.39, 0.29) is 0 Å². The molecule has 13 heavy (non-hydrogen) atoms. The van der Waals surface area contributed by atoms with Crippen molar-refractivity contribution in [1.82, 2.24) is 4.98 Å². The molecule has 1 aliphatic rings. The van der Waals surface area contributed by atoms with E-state index in [4.69, 9.17) is 18.6 Å². The van der Waals surface area contributed by atoms with Crippen molar-refractivity contribution in [3.8, 4) is 0 Å². The Morgan fingerprint density at radius 3 is 1.62 bits per heavy atom. The maximum atomic E-state index is 4.89. The van der Waals surface area contributed by atoms with Gasteiger partial charge in [0.2, 0.25) is 0 Å². The van der Waals surface area contributed by atoms with Crippen molar-refractivity contribution in [3.05, 3.63) is 48.8 Å². The quantitative estimate of drug-likeness (QED) is 0.674. The van der Waals surface area contributed by atoms with E-state index >= 15 is 0 Å². The molecule has 1 aliphatic carbocycles. The van der Waals surface area contributed by atoms with Gasteiger partial charge in [0.05, 0.1) is 0 Å². The van der Waals surface area contributed by atoms with Gasteiger partial charge in [-0.05, 0) is 18.6 Å². The molecule has 2 rings (SSSR count). The zero-order valence-electron chi connectivity index (χ0n) is 7.08. The largest absolute Gasteiger partial charge is 0.368 e. The average Bonchev–Trinajstić information content (AvgIpc) is 2.85. The molecule has 0 saturated heterocycles. The first-order valence-electron chi connectivity index (χ1n) is 3.77. The second-order valence-corrected chi connectivity index (χ2v) is 4.63. The van der Waals surface area contributed by atoms with Crippen molar-refractivity contribution in [1.29, 1.82) is 0 Å². The summed E-state index contributed by atoms with van der Waals surface area (Å²) >= 11 is -0.556. The molecule has 1 aromatic heterocycles. The van der Waals surface area contributed by atoms with E-state index < -0.39 is 17.0 Å². The molecule has 0 bridgehead atoms. The summed E-state index contributed by atoms with van der Waals surface area (Å²) < 4.78 is 0. The Labute approximate surface area is 95.5 Å². The standard InChI is InChI=1S/C5H6.C4H5N.2ClH.Ti/c2*1-2-4-5-3-1;;;/h1-4H,5H2;1-5H;2*1H;/q;;;;+2/p-2. The molecule has 0 saturated carbocycles. The normalized spacial score (nSPS) is 10.9. The van der Waals surface area contributed by atoms with Gasteiger partial charge in [-0.3, -0.25) is 0 Å². The van der Waals surface area contributed by atoms with Crippen molar-refractivity contribution in [2.24, 2.45) is 0 Å². The Balaban J connectivity index is 0.000000174. The Hall–Kier alpha value is 0.0543. The maximum absolute atomic E-state index is 4.89. The smallest absolute Gasteiger partial charge is 0.000496 e. The number of H-pyrrole nitrogens is 1. The topological polar surface area (TPSA) is 15.8 Å². The van der Waals surface area contributed by atoms with E-state index in [1.807, 2.05) is 24.5 Å². The van der Waals surface area contributed by atoms with Crippen LogP contribution in [0.1, 0.15) is 6.42 Å². The molecule has 0 aromatic carbocycles. The van der Waals surface area contributed by atoms with Gasteiger partial charge in [0.25, 0.3) is 0 Å². The van der Waals surface area contributed by atoms with Crippen LogP contribution >= 0.6 is 18.6 Å². The number of aromatic amines is 1. The second-order valence-electron chi connectivity index (χ2n) is 2.05. The van der Waals surface area contributed by atoms with Crippen molar-refractivity contribution < 1.29 is 17.0 Å². The van der Waals surface area contributed by atoms with Crippen LogP contribution in [-0.4, -0.2) is 4.98 Å². The summed E-state index contributed by atoms with van der Waals surface area (Å²) in [5.41, 5.74) is 0. The summed E-state index contributed by atoms with van der Waals surface area (Å²) in [6.07, 6.45) is 13.2. The summed E-state index contributed by atoms with van der Waals surface area (Å²) in [7, 11) is 9.78. The fourth-order valence-corrected chi connectivity index (χ4v) is 0.671. The Bertz CT molecular complexity index is 192. The van der Waals surface area contributed by atoms with Crippen molar-refractivity contribution in [2.45, 2.75) is 6.42 Å². The van der Waals surface area contributed by atoms with Gasteiger partial charge in [-0.1, -0.05) is 24.3 Å². The number of hydrogen-bond acceptors (Lipinski definition) is 0. The molecule has 0 amide bonds. The Kier molecular flexibility index (Phi) is 12.1. The van der Waals surface area contributed by atoms with Gasteiger partial charge in [0, 0.05) is 12.4 Å². The molecule has 0 spiro atoms. The van der Waals surface area contributed by atoms with Crippen molar-refractivity contribution in [2.75, 3.05) is 0 Å². The summed E-state index contributed by atoms with van der Waals surface area (Å²) in [6.45, 7) is 0. The van der Waals surface area contributed by atoms with Crippen LogP contribution in [0.25, 0.3) is 0 Å². The van der Waals surface area contributed by atoms with Crippen molar-refractivity contribution >= 4 is 18.6 Å². The van der Waals surface area contributed by atoms with Gasteiger partial charge in [0.15, 0.2) is 0 Å². The monoisotopic (exact) mass is 251 g/mol. The Morgan fingerprint density at radius 2 is 1.46 bits per heavy atom. The predicted molar refractivity (Wildman–Crippen MR) is 55.4 cm³/mol. The number of aromatic nitrogens is 1. The van der Waals surface area contributed by atoms with Gasteiger partial charge in [-0.25, -0.2) is 0 Å². The Morgan fingerprint density at radius 1 is 1.00 bits per heavy atom. The minimum atomic E-state index is -0.556. The van der Waals surface area contributed by atoms with E-state index in [1.54, 1.807) is 0 Å². The first kappa shape index (κ1) is 13.1. The fourth-order valence-electron chi connectivity index (χ4n) is 0.671. The van der Waals surface area contributed by atoms with E-state index in [2.05, 4.69) is 29.3 Å². The van der Waals surface area contributed by atoms with E-state index in [0.717, 1.165) is 6.42 Å². The summed E-state index contributed by atoms with van der Waals surface area (Å²) in [4.78, 5) is 2.86. The summed E-state index contributed by atoms with van der Waals surface area (Å²) in [5, 5.41) is 0. The van der Waals surface area contributed by atoms with Crippen LogP contribution in [0.5, 0.6) is 0 Å². The van der Waals surface area contributed by atoms with Crippen LogP contribution in [-0.2, 0) is 17.0 Å². The van der Waals surface area contributed by atoms with Crippen LogP contribution in [0.2, 0.25) is 0 Å². The van der Waals surface area contributed by atoms with Gasteiger partial charge >= 0.3 is 35.6 Å². The molecule has 0 fully saturated rings. The van der Waals surface area contributed by atoms with E-state index in [9.17, 15) is 0 Å². The minimum absolute atomic E-state index is 0.556. The van der Waals surface area contributed by atoms with Gasteiger partial charge in [-0.2, -0.15) is 0 Å². The first-order chi connectivity index (χ1) is 6.41. The zero-order chi connectivity index (χ0) is 9.78. The molecule has 1 nitrogen and oxygen atoms in total. The molecule has 0 radical (unpaired) electrons. The van der Waals surface area contributed by atoms with Gasteiger partial charge in [-0.15, -0.1) is 0 Å². The molecule has 4 heteroatoms. The molecule has 1 N–H and O–H groups in total. The summed E-state index contributed by atoms with van der Waals surface area (Å²) in [5.74, 6) is 0. The predicted octanol–water partition coefficient (Wildman–Crippen LogP) is 3.89. The number of hydrogen-bond donors (Lipinski definition) is 1. The van der Waals surface area contributed by atoms with Crippen LogP contribution < -0.4 is 0 Å². The number of allylic oxidation sites excluding steroid dienone is 4. The zero-order valence-corrected chi connectivity index (χ0v) is 10.2. The third-order valence-electron chi connectivity index (χ3n) is 1.15. The maximum Gasteiger partial charge on any atom is 0.000496 e. The molecular formula is C9H11Cl2NTi. The molecule has 1 aromatic rings.